The first kappa shape index (κ1) is 13.6. The smallest absolute Gasteiger partial charge is 0.126 e. The van der Waals surface area contributed by atoms with Crippen LogP contribution in [0.5, 0.6) is 0 Å². The van der Waals surface area contributed by atoms with Crippen LogP contribution in [0, 0.1) is 5.82 Å². The molecule has 4 heteroatoms. The Hall–Kier alpha value is -0.800. The highest BCUT2D eigenvalue weighted by Crippen LogP contribution is 2.25. The van der Waals surface area contributed by atoms with Crippen LogP contribution in [0.1, 0.15) is 26.7 Å². The summed E-state index contributed by atoms with van der Waals surface area (Å²) >= 11 is 5.93. The van der Waals surface area contributed by atoms with Crippen LogP contribution in [0.25, 0.3) is 0 Å². The van der Waals surface area contributed by atoms with Crippen molar-refractivity contribution < 1.29 is 4.39 Å². The predicted octanol–water partition coefficient (Wildman–Crippen LogP) is 3.45. The van der Waals surface area contributed by atoms with E-state index in [1.54, 1.807) is 6.07 Å². The van der Waals surface area contributed by atoms with Crippen molar-refractivity contribution in [3.63, 3.8) is 0 Å². The van der Waals surface area contributed by atoms with Crippen LogP contribution in [0.4, 0.5) is 10.1 Å². The minimum Gasteiger partial charge on any atom is -0.370 e. The van der Waals surface area contributed by atoms with E-state index in [1.165, 1.54) is 6.07 Å². The van der Waals surface area contributed by atoms with Crippen LogP contribution in [0.3, 0.4) is 0 Å². The van der Waals surface area contributed by atoms with Gasteiger partial charge in [-0.1, -0.05) is 18.5 Å². The first-order valence-electron chi connectivity index (χ1n) is 6.48. The number of anilines is 1. The first-order valence-corrected chi connectivity index (χ1v) is 6.86. The Balaban J connectivity index is 2.25. The second-order valence-electron chi connectivity index (χ2n) is 5.24. The fourth-order valence-electron chi connectivity index (χ4n) is 2.40. The van der Waals surface area contributed by atoms with Crippen LogP contribution in [0.2, 0.25) is 5.02 Å². The van der Waals surface area contributed by atoms with Crippen LogP contribution >= 0.6 is 11.6 Å². The average Bonchev–Trinajstić information content (AvgIpc) is 2.51. The molecule has 0 aromatic heterocycles. The van der Waals surface area contributed by atoms with Crippen LogP contribution in [-0.2, 0) is 0 Å². The Morgan fingerprint density at radius 2 is 2.22 bits per heavy atom. The van der Waals surface area contributed by atoms with Crippen molar-refractivity contribution in [2.75, 3.05) is 24.5 Å². The molecule has 0 bridgehead atoms. The summed E-state index contributed by atoms with van der Waals surface area (Å²) in [5.74, 6) is -0.270. The van der Waals surface area contributed by atoms with Crippen molar-refractivity contribution in [3.8, 4) is 0 Å². The molecule has 100 valence electrons. The van der Waals surface area contributed by atoms with Gasteiger partial charge in [-0.25, -0.2) is 4.39 Å². The lowest BCUT2D eigenvalue weighted by Gasteiger charge is -2.34. The molecule has 2 rings (SSSR count). The summed E-state index contributed by atoms with van der Waals surface area (Å²) in [4.78, 5) is 2.22. The van der Waals surface area contributed by atoms with E-state index < -0.39 is 0 Å². The zero-order chi connectivity index (χ0) is 13.2. The minimum atomic E-state index is -0.270. The molecule has 1 atom stereocenters. The SMILES string of the molecule is CCC1(C)CN(c2cc(F)cc(Cl)c2)CCCN1. The van der Waals surface area contributed by atoms with Crippen molar-refractivity contribution in [2.45, 2.75) is 32.2 Å². The topological polar surface area (TPSA) is 15.3 Å². The second kappa shape index (κ2) is 5.45. The molecular weight excluding hydrogens is 251 g/mol. The van der Waals surface area contributed by atoms with E-state index in [0.717, 1.165) is 38.2 Å². The standard InChI is InChI=1S/C14H20ClFN2/c1-3-14(2)10-18(6-4-5-17-14)13-8-11(15)7-12(16)9-13/h7-9,17H,3-6,10H2,1-2H3. The molecular formula is C14H20ClFN2. The number of halogens is 2. The minimum absolute atomic E-state index is 0.0787. The molecule has 2 nitrogen and oxygen atoms in total. The molecule has 1 saturated heterocycles. The Bertz CT molecular complexity index is 404. The van der Waals surface area contributed by atoms with Gasteiger partial charge in [-0.05, 0) is 44.5 Å². The van der Waals surface area contributed by atoms with E-state index in [1.807, 2.05) is 6.07 Å². The number of benzene rings is 1. The second-order valence-corrected chi connectivity index (χ2v) is 5.68. The molecule has 0 radical (unpaired) electrons. The highest BCUT2D eigenvalue weighted by molar-refractivity contribution is 6.30. The molecule has 18 heavy (non-hydrogen) atoms. The van der Waals surface area contributed by atoms with Gasteiger partial charge in [-0.2, -0.15) is 0 Å². The highest BCUT2D eigenvalue weighted by atomic mass is 35.5. The van der Waals surface area contributed by atoms with Crippen LogP contribution < -0.4 is 10.2 Å². The van der Waals surface area contributed by atoms with E-state index >= 15 is 0 Å². The van der Waals surface area contributed by atoms with E-state index in [4.69, 9.17) is 11.6 Å². The molecule has 1 aliphatic rings. The summed E-state index contributed by atoms with van der Waals surface area (Å²) in [5.41, 5.74) is 0.957. The number of nitrogens with one attached hydrogen (secondary N) is 1. The third kappa shape index (κ3) is 3.15. The van der Waals surface area contributed by atoms with Gasteiger partial charge in [0.05, 0.1) is 0 Å². The molecule has 1 heterocycles. The van der Waals surface area contributed by atoms with Crippen molar-refractivity contribution in [1.29, 1.82) is 0 Å². The average molecular weight is 271 g/mol. The van der Waals surface area contributed by atoms with Gasteiger partial charge in [-0.15, -0.1) is 0 Å². The van der Waals surface area contributed by atoms with Gasteiger partial charge in [0.2, 0.25) is 0 Å². The van der Waals surface area contributed by atoms with Crippen molar-refractivity contribution in [3.05, 3.63) is 29.0 Å². The molecule has 0 amide bonds. The number of nitrogens with zero attached hydrogens (tertiary/aromatic N) is 1. The predicted molar refractivity (Wildman–Crippen MR) is 74.9 cm³/mol. The third-order valence-electron chi connectivity index (χ3n) is 3.69. The first-order chi connectivity index (χ1) is 8.52. The molecule has 1 aromatic carbocycles. The Morgan fingerprint density at radius 3 is 2.89 bits per heavy atom. The van der Waals surface area contributed by atoms with Gasteiger partial charge < -0.3 is 10.2 Å². The van der Waals surface area contributed by atoms with E-state index in [2.05, 4.69) is 24.1 Å². The zero-order valence-electron chi connectivity index (χ0n) is 11.0. The fourth-order valence-corrected chi connectivity index (χ4v) is 2.61. The Labute approximate surface area is 113 Å². The van der Waals surface area contributed by atoms with Crippen molar-refractivity contribution in [1.82, 2.24) is 5.32 Å². The van der Waals surface area contributed by atoms with Gasteiger partial charge in [0, 0.05) is 29.3 Å². The number of rotatable bonds is 2. The fraction of sp³-hybridized carbons (Fsp3) is 0.571. The molecule has 1 unspecified atom stereocenters. The molecule has 1 fully saturated rings. The van der Waals surface area contributed by atoms with Gasteiger partial charge in [0.1, 0.15) is 5.82 Å². The monoisotopic (exact) mass is 270 g/mol. The maximum atomic E-state index is 13.4. The van der Waals surface area contributed by atoms with Crippen LogP contribution in [-0.4, -0.2) is 25.2 Å². The quantitative estimate of drug-likeness (QED) is 0.886. The lowest BCUT2D eigenvalue weighted by molar-refractivity contribution is 0.366. The summed E-state index contributed by atoms with van der Waals surface area (Å²) < 4.78 is 13.4. The summed E-state index contributed by atoms with van der Waals surface area (Å²) in [5, 5.41) is 4.03. The lowest BCUT2D eigenvalue weighted by Crippen LogP contribution is -2.48. The van der Waals surface area contributed by atoms with E-state index in [0.29, 0.717) is 5.02 Å². The summed E-state index contributed by atoms with van der Waals surface area (Å²) in [6.45, 7) is 7.21. The molecule has 1 aliphatic heterocycles. The molecule has 1 aromatic rings. The van der Waals surface area contributed by atoms with Gasteiger partial charge >= 0.3 is 0 Å². The lowest BCUT2D eigenvalue weighted by atomic mass is 9.98. The van der Waals surface area contributed by atoms with Crippen molar-refractivity contribution >= 4 is 17.3 Å². The Kier molecular flexibility index (Phi) is 4.13. The van der Waals surface area contributed by atoms with Crippen molar-refractivity contribution in [2.24, 2.45) is 0 Å². The Morgan fingerprint density at radius 1 is 1.44 bits per heavy atom. The van der Waals surface area contributed by atoms with Crippen LogP contribution in [0.15, 0.2) is 18.2 Å². The van der Waals surface area contributed by atoms with Gasteiger partial charge in [-0.3, -0.25) is 0 Å². The van der Waals surface area contributed by atoms with Gasteiger partial charge in [0.15, 0.2) is 0 Å². The van der Waals surface area contributed by atoms with E-state index in [-0.39, 0.29) is 11.4 Å². The normalized spacial score (nSPS) is 25.0. The molecule has 0 spiro atoms. The summed E-state index contributed by atoms with van der Waals surface area (Å²) in [6.07, 6.45) is 2.11. The molecule has 1 N–H and O–H groups in total. The summed E-state index contributed by atoms with van der Waals surface area (Å²) in [7, 11) is 0. The van der Waals surface area contributed by atoms with Gasteiger partial charge in [0.25, 0.3) is 0 Å². The number of hydrogen-bond acceptors (Lipinski definition) is 2. The molecule has 0 saturated carbocycles. The number of hydrogen-bond donors (Lipinski definition) is 1. The third-order valence-corrected chi connectivity index (χ3v) is 3.91. The van der Waals surface area contributed by atoms with E-state index in [9.17, 15) is 4.39 Å². The maximum absolute atomic E-state index is 13.4. The maximum Gasteiger partial charge on any atom is 0.126 e. The highest BCUT2D eigenvalue weighted by Gasteiger charge is 2.27. The largest absolute Gasteiger partial charge is 0.370 e. The zero-order valence-corrected chi connectivity index (χ0v) is 11.7. The molecule has 0 aliphatic carbocycles. The summed E-state index contributed by atoms with van der Waals surface area (Å²) in [6, 6.07) is 4.75.